The molecule has 2 aromatic carbocycles. The van der Waals surface area contributed by atoms with Gasteiger partial charge >= 0.3 is 0 Å². The van der Waals surface area contributed by atoms with Crippen LogP contribution in [0.1, 0.15) is 24.0 Å². The smallest absolute Gasteiger partial charge is 0.224 e. The van der Waals surface area contributed by atoms with Gasteiger partial charge in [0, 0.05) is 6.54 Å². The molecule has 0 fully saturated rings. The highest BCUT2D eigenvalue weighted by Gasteiger charge is 2.08. The van der Waals surface area contributed by atoms with E-state index in [1.807, 2.05) is 24.3 Å². The highest BCUT2D eigenvalue weighted by molar-refractivity contribution is 5.78. The van der Waals surface area contributed by atoms with Crippen molar-refractivity contribution < 1.29 is 14.3 Å². The van der Waals surface area contributed by atoms with E-state index in [2.05, 4.69) is 29.6 Å². The Morgan fingerprint density at radius 1 is 0.917 bits per heavy atom. The van der Waals surface area contributed by atoms with Crippen LogP contribution in [0, 0.1) is 0 Å². The number of benzene rings is 2. The average Bonchev–Trinajstić information content (AvgIpc) is 2.62. The molecule has 0 spiro atoms. The fourth-order valence-electron chi connectivity index (χ4n) is 2.57. The fraction of sp³-hybridized carbons (Fsp3) is 0.350. The summed E-state index contributed by atoms with van der Waals surface area (Å²) in [7, 11) is 3.19. The van der Waals surface area contributed by atoms with Gasteiger partial charge < -0.3 is 14.8 Å². The first kappa shape index (κ1) is 17.9. The zero-order chi connectivity index (χ0) is 17.2. The third-order valence-corrected chi connectivity index (χ3v) is 3.87. The number of hydrogen-bond acceptors (Lipinski definition) is 3. The second kappa shape index (κ2) is 9.60. The first-order chi connectivity index (χ1) is 11.7. The minimum absolute atomic E-state index is 0.0296. The van der Waals surface area contributed by atoms with Gasteiger partial charge in [0.25, 0.3) is 0 Å². The van der Waals surface area contributed by atoms with Crippen LogP contribution in [-0.4, -0.2) is 26.7 Å². The molecule has 0 saturated heterocycles. The average molecular weight is 327 g/mol. The van der Waals surface area contributed by atoms with Crippen molar-refractivity contribution >= 4 is 5.91 Å². The number of hydrogen-bond donors (Lipinski definition) is 1. The molecule has 128 valence electrons. The maximum atomic E-state index is 12.0. The number of carbonyl (C=O) groups is 1. The Bertz CT molecular complexity index is 641. The Labute approximate surface area is 143 Å². The van der Waals surface area contributed by atoms with Crippen molar-refractivity contribution in [3.05, 3.63) is 59.7 Å². The summed E-state index contributed by atoms with van der Waals surface area (Å²) < 4.78 is 10.5. The summed E-state index contributed by atoms with van der Waals surface area (Å²) in [4.78, 5) is 12.0. The molecule has 4 heteroatoms. The zero-order valence-corrected chi connectivity index (χ0v) is 14.4. The Balaban J connectivity index is 1.69. The number of aryl methyl sites for hydroxylation is 1. The van der Waals surface area contributed by atoms with E-state index in [1.54, 1.807) is 14.2 Å². The van der Waals surface area contributed by atoms with Crippen LogP contribution < -0.4 is 14.8 Å². The van der Waals surface area contributed by atoms with Crippen LogP contribution in [0.25, 0.3) is 0 Å². The van der Waals surface area contributed by atoms with Gasteiger partial charge in [-0.1, -0.05) is 36.4 Å². The van der Waals surface area contributed by atoms with E-state index >= 15 is 0 Å². The molecule has 2 aromatic rings. The van der Waals surface area contributed by atoms with Gasteiger partial charge in [-0.2, -0.15) is 0 Å². The quantitative estimate of drug-likeness (QED) is 0.718. The minimum Gasteiger partial charge on any atom is -0.493 e. The maximum Gasteiger partial charge on any atom is 0.224 e. The van der Waals surface area contributed by atoms with Gasteiger partial charge in [-0.25, -0.2) is 0 Å². The lowest BCUT2D eigenvalue weighted by molar-refractivity contribution is -0.120. The first-order valence-electron chi connectivity index (χ1n) is 8.24. The molecular weight excluding hydrogens is 302 g/mol. The van der Waals surface area contributed by atoms with Crippen LogP contribution in [0.2, 0.25) is 0 Å². The lowest BCUT2D eigenvalue weighted by Gasteiger charge is -2.10. The molecule has 0 aliphatic rings. The molecule has 0 saturated carbocycles. The molecule has 0 aliphatic heterocycles. The number of carbonyl (C=O) groups excluding carboxylic acids is 1. The minimum atomic E-state index is 0.0296. The summed E-state index contributed by atoms with van der Waals surface area (Å²) in [6, 6.07) is 16.0. The van der Waals surface area contributed by atoms with Crippen LogP contribution in [0.4, 0.5) is 0 Å². The van der Waals surface area contributed by atoms with Gasteiger partial charge in [-0.05, 0) is 42.5 Å². The van der Waals surface area contributed by atoms with Crippen molar-refractivity contribution in [3.63, 3.8) is 0 Å². The first-order valence-corrected chi connectivity index (χ1v) is 8.24. The van der Waals surface area contributed by atoms with E-state index in [0.29, 0.717) is 24.5 Å². The molecular formula is C20H25NO3. The molecule has 4 nitrogen and oxygen atoms in total. The number of rotatable bonds is 9. The van der Waals surface area contributed by atoms with E-state index in [1.165, 1.54) is 5.56 Å². The van der Waals surface area contributed by atoms with Crippen LogP contribution >= 0.6 is 0 Å². The van der Waals surface area contributed by atoms with Crippen molar-refractivity contribution in [1.82, 2.24) is 5.32 Å². The predicted molar refractivity (Wildman–Crippen MR) is 95.6 cm³/mol. The maximum absolute atomic E-state index is 12.0. The van der Waals surface area contributed by atoms with Crippen LogP contribution in [0.15, 0.2) is 48.5 Å². The molecule has 0 bridgehead atoms. The molecule has 0 aliphatic carbocycles. The molecule has 24 heavy (non-hydrogen) atoms. The second-order valence-corrected chi connectivity index (χ2v) is 5.66. The van der Waals surface area contributed by atoms with Gasteiger partial charge in [0.05, 0.1) is 20.6 Å². The molecule has 0 radical (unpaired) electrons. The van der Waals surface area contributed by atoms with Crippen molar-refractivity contribution in [2.75, 3.05) is 20.8 Å². The van der Waals surface area contributed by atoms with Crippen molar-refractivity contribution in [2.45, 2.75) is 25.7 Å². The predicted octanol–water partition coefficient (Wildman–Crippen LogP) is 3.39. The van der Waals surface area contributed by atoms with Crippen LogP contribution in [-0.2, 0) is 17.6 Å². The highest BCUT2D eigenvalue weighted by atomic mass is 16.5. The molecule has 0 atom stereocenters. The van der Waals surface area contributed by atoms with E-state index in [9.17, 15) is 4.79 Å². The van der Waals surface area contributed by atoms with Crippen molar-refractivity contribution in [3.8, 4) is 11.5 Å². The third kappa shape index (κ3) is 5.61. The largest absolute Gasteiger partial charge is 0.493 e. The summed E-state index contributed by atoms with van der Waals surface area (Å²) in [5.41, 5.74) is 2.25. The summed E-state index contributed by atoms with van der Waals surface area (Å²) in [5.74, 6) is 1.34. The van der Waals surface area contributed by atoms with E-state index < -0.39 is 0 Å². The fourth-order valence-corrected chi connectivity index (χ4v) is 2.57. The van der Waals surface area contributed by atoms with Crippen LogP contribution in [0.5, 0.6) is 11.5 Å². The monoisotopic (exact) mass is 327 g/mol. The Morgan fingerprint density at radius 2 is 1.67 bits per heavy atom. The van der Waals surface area contributed by atoms with Gasteiger partial charge in [0.2, 0.25) is 5.91 Å². The number of methoxy groups -OCH3 is 2. The number of amides is 1. The number of nitrogens with one attached hydrogen (secondary N) is 1. The summed E-state index contributed by atoms with van der Waals surface area (Å²) in [6.45, 7) is 0.707. The summed E-state index contributed by atoms with van der Waals surface area (Å²) >= 11 is 0. The third-order valence-electron chi connectivity index (χ3n) is 3.87. The van der Waals surface area contributed by atoms with Crippen molar-refractivity contribution in [1.29, 1.82) is 0 Å². The highest BCUT2D eigenvalue weighted by Crippen LogP contribution is 2.27. The Hall–Kier alpha value is -2.49. The van der Waals surface area contributed by atoms with Gasteiger partial charge in [0.1, 0.15) is 0 Å². The van der Waals surface area contributed by atoms with Gasteiger partial charge in [-0.15, -0.1) is 0 Å². The van der Waals surface area contributed by atoms with Gasteiger partial charge in [-0.3, -0.25) is 4.79 Å². The van der Waals surface area contributed by atoms with E-state index in [-0.39, 0.29) is 5.91 Å². The summed E-state index contributed by atoms with van der Waals surface area (Å²) in [5, 5.41) is 2.97. The normalized spacial score (nSPS) is 10.2. The lowest BCUT2D eigenvalue weighted by atomic mass is 10.1. The van der Waals surface area contributed by atoms with E-state index in [4.69, 9.17) is 9.47 Å². The molecule has 0 unspecified atom stereocenters. The molecule has 1 N–H and O–H groups in total. The Morgan fingerprint density at radius 3 is 2.38 bits per heavy atom. The Kier molecular flexibility index (Phi) is 7.15. The molecule has 0 heterocycles. The van der Waals surface area contributed by atoms with Crippen LogP contribution in [0.3, 0.4) is 0 Å². The molecule has 1 amide bonds. The number of ether oxygens (including phenoxy) is 2. The standard InChI is InChI=1S/C20H25NO3/c1-23-18-12-11-17(14-19(18)24-2)15-20(22)21-13-7-6-10-16-8-4-3-5-9-16/h3-5,8-9,11-12,14H,6-7,10,13,15H2,1-2H3,(H,21,22). The van der Waals surface area contributed by atoms with Crippen molar-refractivity contribution in [2.24, 2.45) is 0 Å². The van der Waals surface area contributed by atoms with Gasteiger partial charge in [0.15, 0.2) is 11.5 Å². The topological polar surface area (TPSA) is 47.6 Å². The summed E-state index contributed by atoms with van der Waals surface area (Å²) in [6.07, 6.45) is 3.44. The zero-order valence-electron chi connectivity index (χ0n) is 14.4. The van der Waals surface area contributed by atoms with E-state index in [0.717, 1.165) is 24.8 Å². The second-order valence-electron chi connectivity index (χ2n) is 5.66. The lowest BCUT2D eigenvalue weighted by Crippen LogP contribution is -2.26. The SMILES string of the molecule is COc1ccc(CC(=O)NCCCCc2ccccc2)cc1OC. The molecule has 0 aromatic heterocycles. The number of unbranched alkanes of at least 4 members (excludes halogenated alkanes) is 1. The molecule has 2 rings (SSSR count).